The average Bonchev–Trinajstić information content (AvgIpc) is 2.92. The molecule has 0 bridgehead atoms. The zero-order valence-corrected chi connectivity index (χ0v) is 14.0. The van der Waals surface area contributed by atoms with Crippen molar-refractivity contribution in [2.24, 2.45) is 0 Å². The predicted octanol–water partition coefficient (Wildman–Crippen LogP) is 2.81. The van der Waals surface area contributed by atoms with Crippen molar-refractivity contribution in [3.05, 3.63) is 64.6 Å². The molecule has 24 heavy (non-hydrogen) atoms. The Balaban J connectivity index is 1.78. The number of anilines is 1. The Morgan fingerprint density at radius 2 is 1.62 bits per heavy atom. The molecular formula is C19H19NO3S. The molecule has 2 aromatic rings. The third-order valence-corrected chi connectivity index (χ3v) is 4.97. The van der Waals surface area contributed by atoms with Gasteiger partial charge in [-0.05, 0) is 35.9 Å². The van der Waals surface area contributed by atoms with Crippen LogP contribution in [0.5, 0.6) is 0 Å². The van der Waals surface area contributed by atoms with Gasteiger partial charge in [0.25, 0.3) is 0 Å². The molecule has 124 valence electrons. The highest BCUT2D eigenvalue weighted by atomic mass is 32.2. The van der Waals surface area contributed by atoms with Crippen molar-refractivity contribution in [2.75, 3.05) is 31.2 Å². The van der Waals surface area contributed by atoms with Crippen molar-refractivity contribution in [1.82, 2.24) is 0 Å². The van der Waals surface area contributed by atoms with E-state index in [9.17, 15) is 4.79 Å². The van der Waals surface area contributed by atoms with Crippen LogP contribution in [0.1, 0.15) is 15.9 Å². The fourth-order valence-corrected chi connectivity index (χ4v) is 3.73. The van der Waals surface area contributed by atoms with Gasteiger partial charge in [-0.1, -0.05) is 36.0 Å². The minimum Gasteiger partial charge on any atom is -0.395 e. The number of Topliss-reactive ketones (excluding diaryl/α,β-unsaturated/α-hetero) is 1. The molecule has 2 aromatic carbocycles. The fourth-order valence-electron chi connectivity index (χ4n) is 2.68. The summed E-state index contributed by atoms with van der Waals surface area (Å²) in [4.78, 5) is 16.0. The van der Waals surface area contributed by atoms with E-state index in [1.165, 1.54) is 11.8 Å². The highest BCUT2D eigenvalue weighted by Gasteiger charge is 2.24. The maximum absolute atomic E-state index is 12.4. The molecule has 0 unspecified atom stereocenters. The molecule has 1 aliphatic heterocycles. The number of nitrogens with zero attached hydrogens (tertiary/aromatic N) is 1. The SMILES string of the molecule is O=C1C(=Cc2ccc(N(CCO)CCO)cc2)Sc2ccccc21. The summed E-state index contributed by atoms with van der Waals surface area (Å²) in [5, 5.41) is 18.2. The number of thioether (sulfide) groups is 1. The van der Waals surface area contributed by atoms with E-state index in [0.717, 1.165) is 26.6 Å². The van der Waals surface area contributed by atoms with E-state index in [1.54, 1.807) is 0 Å². The van der Waals surface area contributed by atoms with Gasteiger partial charge in [-0.3, -0.25) is 4.79 Å². The first-order valence-corrected chi connectivity index (χ1v) is 8.64. The Hall–Kier alpha value is -2.08. The zero-order valence-electron chi connectivity index (χ0n) is 13.2. The number of fused-ring (bicyclic) bond motifs is 1. The van der Waals surface area contributed by atoms with Gasteiger partial charge in [0.15, 0.2) is 0 Å². The standard InChI is InChI=1S/C19H19NO3S/c21-11-9-20(10-12-22)15-7-5-14(6-8-15)13-18-19(23)16-3-1-2-4-17(16)24-18/h1-8,13,21-22H,9-12H2. The van der Waals surface area contributed by atoms with Crippen molar-refractivity contribution in [2.45, 2.75) is 4.90 Å². The lowest BCUT2D eigenvalue weighted by Crippen LogP contribution is -2.29. The van der Waals surface area contributed by atoms with E-state index in [0.29, 0.717) is 13.1 Å². The number of hydrogen-bond donors (Lipinski definition) is 2. The second-order valence-corrected chi connectivity index (χ2v) is 6.55. The molecule has 0 aliphatic carbocycles. The molecule has 1 heterocycles. The second-order valence-electron chi connectivity index (χ2n) is 5.46. The summed E-state index contributed by atoms with van der Waals surface area (Å²) < 4.78 is 0. The van der Waals surface area contributed by atoms with E-state index in [2.05, 4.69) is 0 Å². The number of rotatable bonds is 6. The third-order valence-electron chi connectivity index (χ3n) is 3.87. The van der Waals surface area contributed by atoms with E-state index in [1.807, 2.05) is 59.5 Å². The van der Waals surface area contributed by atoms with Crippen LogP contribution >= 0.6 is 11.8 Å². The Kier molecular flexibility index (Phi) is 5.35. The Labute approximate surface area is 145 Å². The highest BCUT2D eigenvalue weighted by Crippen LogP contribution is 2.40. The predicted molar refractivity (Wildman–Crippen MR) is 97.4 cm³/mol. The fraction of sp³-hybridized carbons (Fsp3) is 0.211. The van der Waals surface area contributed by atoms with Gasteiger partial charge in [0.1, 0.15) is 0 Å². The summed E-state index contributed by atoms with van der Waals surface area (Å²) in [6.45, 7) is 1.03. The Morgan fingerprint density at radius 3 is 2.25 bits per heavy atom. The number of aliphatic hydroxyl groups excluding tert-OH is 2. The van der Waals surface area contributed by atoms with E-state index in [-0.39, 0.29) is 19.0 Å². The maximum Gasteiger partial charge on any atom is 0.200 e. The van der Waals surface area contributed by atoms with Gasteiger partial charge < -0.3 is 15.1 Å². The van der Waals surface area contributed by atoms with Crippen molar-refractivity contribution in [3.63, 3.8) is 0 Å². The van der Waals surface area contributed by atoms with Gasteiger partial charge in [-0.25, -0.2) is 0 Å². The third kappa shape index (κ3) is 3.53. The molecule has 0 saturated carbocycles. The van der Waals surface area contributed by atoms with Gasteiger partial charge in [-0.2, -0.15) is 0 Å². The summed E-state index contributed by atoms with van der Waals surface area (Å²) in [7, 11) is 0. The molecule has 1 aliphatic rings. The van der Waals surface area contributed by atoms with Crippen molar-refractivity contribution >= 4 is 29.3 Å². The molecule has 4 nitrogen and oxygen atoms in total. The molecule has 0 radical (unpaired) electrons. The monoisotopic (exact) mass is 341 g/mol. The van der Waals surface area contributed by atoms with Crippen LogP contribution < -0.4 is 4.90 Å². The molecular weight excluding hydrogens is 322 g/mol. The van der Waals surface area contributed by atoms with Crippen molar-refractivity contribution in [1.29, 1.82) is 0 Å². The van der Waals surface area contributed by atoms with E-state index >= 15 is 0 Å². The molecule has 0 amide bonds. The summed E-state index contributed by atoms with van der Waals surface area (Å²) in [6, 6.07) is 15.4. The number of aliphatic hydroxyl groups is 2. The lowest BCUT2D eigenvalue weighted by Gasteiger charge is -2.22. The van der Waals surface area contributed by atoms with Gasteiger partial charge in [0.05, 0.1) is 18.1 Å². The van der Waals surface area contributed by atoms with Crippen LogP contribution in [0.2, 0.25) is 0 Å². The van der Waals surface area contributed by atoms with E-state index in [4.69, 9.17) is 10.2 Å². The molecule has 2 N–H and O–H groups in total. The molecule has 0 spiro atoms. The van der Waals surface area contributed by atoms with Gasteiger partial charge in [0.2, 0.25) is 5.78 Å². The first kappa shape index (κ1) is 16.8. The van der Waals surface area contributed by atoms with Gasteiger partial charge >= 0.3 is 0 Å². The zero-order chi connectivity index (χ0) is 16.9. The number of carbonyl (C=O) groups excluding carboxylic acids is 1. The Morgan fingerprint density at radius 1 is 0.958 bits per heavy atom. The van der Waals surface area contributed by atoms with Crippen LogP contribution in [0.15, 0.2) is 58.3 Å². The lowest BCUT2D eigenvalue weighted by molar-refractivity contribution is 0.104. The molecule has 0 saturated heterocycles. The maximum atomic E-state index is 12.4. The van der Waals surface area contributed by atoms with Crippen LogP contribution in [-0.4, -0.2) is 42.3 Å². The molecule has 0 aromatic heterocycles. The van der Waals surface area contributed by atoms with Crippen LogP contribution in [0, 0.1) is 0 Å². The van der Waals surface area contributed by atoms with Gasteiger partial charge in [-0.15, -0.1) is 0 Å². The van der Waals surface area contributed by atoms with Crippen LogP contribution in [0.25, 0.3) is 6.08 Å². The number of ketones is 1. The smallest absolute Gasteiger partial charge is 0.200 e. The normalized spacial score (nSPS) is 14.9. The molecule has 0 fully saturated rings. The first-order chi connectivity index (χ1) is 11.7. The van der Waals surface area contributed by atoms with Crippen LogP contribution in [-0.2, 0) is 0 Å². The molecule has 5 heteroatoms. The summed E-state index contributed by atoms with van der Waals surface area (Å²) >= 11 is 1.50. The average molecular weight is 341 g/mol. The Bertz CT molecular complexity index is 749. The first-order valence-electron chi connectivity index (χ1n) is 7.83. The second kappa shape index (κ2) is 7.66. The largest absolute Gasteiger partial charge is 0.395 e. The minimum absolute atomic E-state index is 0.0369. The summed E-state index contributed by atoms with van der Waals surface area (Å²) in [5.41, 5.74) is 2.66. The van der Waals surface area contributed by atoms with Crippen LogP contribution in [0.3, 0.4) is 0 Å². The summed E-state index contributed by atoms with van der Waals surface area (Å²) in [5.74, 6) is 0.0712. The molecule has 0 atom stereocenters. The number of allylic oxidation sites excluding steroid dienone is 1. The number of hydrogen-bond acceptors (Lipinski definition) is 5. The number of carbonyl (C=O) groups is 1. The molecule has 3 rings (SSSR count). The van der Waals surface area contributed by atoms with Crippen LogP contribution in [0.4, 0.5) is 5.69 Å². The number of benzene rings is 2. The van der Waals surface area contributed by atoms with Crippen molar-refractivity contribution in [3.8, 4) is 0 Å². The summed E-state index contributed by atoms with van der Waals surface area (Å²) in [6.07, 6.45) is 1.90. The van der Waals surface area contributed by atoms with E-state index < -0.39 is 0 Å². The van der Waals surface area contributed by atoms with Gasteiger partial charge in [0, 0.05) is 29.2 Å². The lowest BCUT2D eigenvalue weighted by atomic mass is 10.1. The highest BCUT2D eigenvalue weighted by molar-refractivity contribution is 8.04. The van der Waals surface area contributed by atoms with Crippen molar-refractivity contribution < 1.29 is 15.0 Å². The topological polar surface area (TPSA) is 60.8 Å². The quantitative estimate of drug-likeness (QED) is 0.791. The minimum atomic E-state index is 0.0369.